The van der Waals surface area contributed by atoms with Crippen LogP contribution in [0.4, 0.5) is 4.39 Å². The molecule has 2 saturated heterocycles. The van der Waals surface area contributed by atoms with Gasteiger partial charge >= 0.3 is 0 Å². The standard InChI is InChI=1S/C17H24FNO2.C4H8NO.Y/c18-17-10-15(2-1-14(17)11-20)21-8-5-13-9-16(13)12-3-6-19-7-4-12;1-4(6)2-5-3-4;/h1-2,10,12-13,16,19-20H,3-9,11H2;6H,2-3H2,1H3;/q;-1;. The number of halogens is 1. The number of nitrogens with zero attached hydrogens (tertiary/aromatic N) is 1. The minimum atomic E-state index is -0.444. The number of hydrogen-bond acceptors (Lipinski definition) is 4. The second kappa shape index (κ2) is 11.3. The fourth-order valence-corrected chi connectivity index (χ4v) is 3.96. The molecular formula is C21H32FN2O3Y-. The number of aliphatic hydroxyl groups is 2. The summed E-state index contributed by atoms with van der Waals surface area (Å²) in [5, 5.41) is 25.0. The first kappa shape index (κ1) is 24.2. The van der Waals surface area contributed by atoms with Gasteiger partial charge in [-0.3, -0.25) is 0 Å². The Labute approximate surface area is 192 Å². The van der Waals surface area contributed by atoms with Crippen molar-refractivity contribution in [3.8, 4) is 5.75 Å². The molecule has 7 heteroatoms. The molecule has 2 unspecified atom stereocenters. The van der Waals surface area contributed by atoms with Crippen molar-refractivity contribution < 1.29 is 52.0 Å². The number of nitrogens with one attached hydrogen (secondary N) is 1. The van der Waals surface area contributed by atoms with Gasteiger partial charge in [-0.15, -0.1) is 13.1 Å². The first-order valence-corrected chi connectivity index (χ1v) is 10.1. The Morgan fingerprint density at radius 1 is 1.29 bits per heavy atom. The Morgan fingerprint density at radius 2 is 1.96 bits per heavy atom. The van der Waals surface area contributed by atoms with E-state index in [0.717, 1.165) is 24.2 Å². The quantitative estimate of drug-likeness (QED) is 0.601. The summed E-state index contributed by atoms with van der Waals surface area (Å²) in [7, 11) is 0. The molecule has 2 aliphatic heterocycles. The van der Waals surface area contributed by atoms with Gasteiger partial charge in [0.25, 0.3) is 0 Å². The third-order valence-corrected chi connectivity index (χ3v) is 5.82. The van der Waals surface area contributed by atoms with E-state index in [9.17, 15) is 4.39 Å². The first-order chi connectivity index (χ1) is 13.0. The predicted molar refractivity (Wildman–Crippen MR) is 103 cm³/mol. The number of hydrogen-bond donors (Lipinski definition) is 3. The molecule has 1 radical (unpaired) electrons. The van der Waals surface area contributed by atoms with Crippen LogP contribution in [0.2, 0.25) is 0 Å². The second-order valence-electron chi connectivity index (χ2n) is 8.33. The van der Waals surface area contributed by atoms with E-state index >= 15 is 0 Å². The molecule has 1 aromatic rings. The normalized spacial score (nSPS) is 25.6. The molecule has 3 aliphatic rings. The van der Waals surface area contributed by atoms with Crippen LogP contribution in [0.25, 0.3) is 5.32 Å². The fourth-order valence-electron chi connectivity index (χ4n) is 3.96. The Balaban J connectivity index is 0.000000344. The monoisotopic (exact) mass is 468 g/mol. The van der Waals surface area contributed by atoms with Gasteiger partial charge in [0.2, 0.25) is 0 Å². The second-order valence-corrected chi connectivity index (χ2v) is 8.33. The predicted octanol–water partition coefficient (Wildman–Crippen LogP) is 2.84. The maximum Gasteiger partial charge on any atom is 0.132 e. The van der Waals surface area contributed by atoms with E-state index in [4.69, 9.17) is 14.9 Å². The smallest absolute Gasteiger partial charge is 0.132 e. The Morgan fingerprint density at radius 3 is 2.50 bits per heavy atom. The number of piperidine rings is 1. The van der Waals surface area contributed by atoms with E-state index in [1.807, 2.05) is 0 Å². The summed E-state index contributed by atoms with van der Waals surface area (Å²) in [6, 6.07) is 4.67. The summed E-state index contributed by atoms with van der Waals surface area (Å²) < 4.78 is 19.1. The van der Waals surface area contributed by atoms with Crippen molar-refractivity contribution in [3.63, 3.8) is 0 Å². The van der Waals surface area contributed by atoms with E-state index in [-0.39, 0.29) is 39.3 Å². The van der Waals surface area contributed by atoms with E-state index in [0.29, 0.717) is 31.0 Å². The van der Waals surface area contributed by atoms with Gasteiger partial charge in [-0.05, 0) is 69.5 Å². The fraction of sp³-hybridized carbons (Fsp3) is 0.714. The molecule has 0 amide bonds. The average Bonchev–Trinajstić information content (AvgIpc) is 3.42. The van der Waals surface area contributed by atoms with E-state index in [2.05, 4.69) is 10.6 Å². The molecule has 1 aliphatic carbocycles. The molecule has 1 saturated carbocycles. The molecule has 2 atom stereocenters. The first-order valence-electron chi connectivity index (χ1n) is 10.1. The van der Waals surface area contributed by atoms with Gasteiger partial charge in [0.1, 0.15) is 11.6 Å². The third kappa shape index (κ3) is 7.30. The van der Waals surface area contributed by atoms with Crippen LogP contribution in [0, 0.1) is 23.6 Å². The molecule has 0 aromatic heterocycles. The van der Waals surface area contributed by atoms with E-state index < -0.39 is 11.4 Å². The Kier molecular flexibility index (Phi) is 9.78. The van der Waals surface area contributed by atoms with Crippen molar-refractivity contribution >= 4 is 0 Å². The van der Waals surface area contributed by atoms with Crippen LogP contribution in [0.15, 0.2) is 18.2 Å². The maximum atomic E-state index is 13.5. The molecule has 155 valence electrons. The summed E-state index contributed by atoms with van der Waals surface area (Å²) in [4.78, 5) is 0. The van der Waals surface area contributed by atoms with Gasteiger partial charge in [0, 0.05) is 49.9 Å². The molecule has 0 bridgehead atoms. The van der Waals surface area contributed by atoms with Crippen LogP contribution in [-0.2, 0) is 39.3 Å². The van der Waals surface area contributed by atoms with Crippen LogP contribution < -0.4 is 10.1 Å². The van der Waals surface area contributed by atoms with Gasteiger partial charge in [-0.2, -0.15) is 0 Å². The zero-order chi connectivity index (χ0) is 19.3. The van der Waals surface area contributed by atoms with E-state index in [1.165, 1.54) is 38.4 Å². The maximum absolute atomic E-state index is 13.5. The van der Waals surface area contributed by atoms with Crippen molar-refractivity contribution in [2.45, 2.75) is 44.8 Å². The Hall–Kier alpha value is -0.106. The average molecular weight is 468 g/mol. The summed E-state index contributed by atoms with van der Waals surface area (Å²) in [6.45, 7) is 5.78. The van der Waals surface area contributed by atoms with Gasteiger partial charge in [0.05, 0.1) is 13.2 Å². The molecule has 1 aromatic carbocycles. The largest absolute Gasteiger partial charge is 0.658 e. The number of rotatable bonds is 6. The SMILES string of the molecule is CC1(O)C[N-]C1.OCc1ccc(OCCC2CC2C2CCNCC2)cc1F.[Y]. The molecule has 0 spiro atoms. The summed E-state index contributed by atoms with van der Waals surface area (Å²) in [5.74, 6) is 2.76. The molecular weight excluding hydrogens is 436 g/mol. The molecule has 5 nitrogen and oxygen atoms in total. The van der Waals surface area contributed by atoms with Gasteiger partial charge in [-0.25, -0.2) is 4.39 Å². The molecule has 2 heterocycles. The molecule has 3 N–H and O–H groups in total. The minimum absolute atomic E-state index is 0. The van der Waals surface area contributed by atoms with Crippen molar-refractivity contribution in [1.29, 1.82) is 0 Å². The van der Waals surface area contributed by atoms with Crippen LogP contribution in [-0.4, -0.2) is 48.6 Å². The zero-order valence-electron chi connectivity index (χ0n) is 16.7. The summed E-state index contributed by atoms with van der Waals surface area (Å²) >= 11 is 0. The minimum Gasteiger partial charge on any atom is -0.658 e. The van der Waals surface area contributed by atoms with Crippen molar-refractivity contribution in [2.75, 3.05) is 32.8 Å². The van der Waals surface area contributed by atoms with Crippen LogP contribution in [0.5, 0.6) is 5.75 Å². The number of benzene rings is 1. The van der Waals surface area contributed by atoms with Gasteiger partial charge in [-0.1, -0.05) is 6.07 Å². The number of aliphatic hydroxyl groups excluding tert-OH is 1. The third-order valence-electron chi connectivity index (χ3n) is 5.82. The zero-order valence-corrected chi connectivity index (χ0v) is 19.6. The summed E-state index contributed by atoms with van der Waals surface area (Å²) in [6.07, 6.45) is 5.04. The molecule has 28 heavy (non-hydrogen) atoms. The number of ether oxygens (including phenoxy) is 1. The summed E-state index contributed by atoms with van der Waals surface area (Å²) in [5.41, 5.74) is -0.129. The van der Waals surface area contributed by atoms with Gasteiger partial charge < -0.3 is 25.6 Å². The van der Waals surface area contributed by atoms with Crippen molar-refractivity contribution in [3.05, 3.63) is 34.9 Å². The van der Waals surface area contributed by atoms with Crippen molar-refractivity contribution in [1.82, 2.24) is 5.32 Å². The Bertz CT molecular complexity index is 605. The van der Waals surface area contributed by atoms with Gasteiger partial charge in [0.15, 0.2) is 0 Å². The van der Waals surface area contributed by atoms with Crippen LogP contribution in [0.1, 0.15) is 38.2 Å². The van der Waals surface area contributed by atoms with Crippen molar-refractivity contribution in [2.24, 2.45) is 17.8 Å². The van der Waals surface area contributed by atoms with Crippen LogP contribution in [0.3, 0.4) is 0 Å². The molecule has 4 rings (SSSR count). The van der Waals surface area contributed by atoms with E-state index in [1.54, 1.807) is 19.1 Å². The topological polar surface area (TPSA) is 75.8 Å². The molecule has 3 fully saturated rings. The van der Waals surface area contributed by atoms with Crippen LogP contribution >= 0.6 is 0 Å².